The van der Waals surface area contributed by atoms with Crippen LogP contribution < -0.4 is 5.32 Å². The first kappa shape index (κ1) is 7.92. The molecule has 0 fully saturated rings. The van der Waals surface area contributed by atoms with Gasteiger partial charge in [-0.3, -0.25) is 5.10 Å². The summed E-state index contributed by atoms with van der Waals surface area (Å²) in [6.07, 6.45) is 4.79. The molecular weight excluding hydrogens is 194 g/mol. The van der Waals surface area contributed by atoms with E-state index in [1.807, 2.05) is 0 Å². The number of rotatable bonds is 2. The van der Waals surface area contributed by atoms with Crippen molar-refractivity contribution in [1.29, 1.82) is 0 Å². The van der Waals surface area contributed by atoms with Gasteiger partial charge in [0, 0.05) is 6.07 Å². The molecule has 0 bridgehead atoms. The number of hydrogen-bond acceptors (Lipinski definition) is 5. The minimum atomic E-state index is 0.606. The van der Waals surface area contributed by atoms with Crippen molar-refractivity contribution in [2.75, 3.05) is 5.32 Å². The number of H-pyrrole nitrogens is 2. The van der Waals surface area contributed by atoms with E-state index in [-0.39, 0.29) is 0 Å². The zero-order valence-electron chi connectivity index (χ0n) is 7.60. The summed E-state index contributed by atoms with van der Waals surface area (Å²) in [6, 6.07) is 1.80. The van der Waals surface area contributed by atoms with Gasteiger partial charge in [-0.1, -0.05) is 0 Å². The highest BCUT2D eigenvalue weighted by Gasteiger charge is 2.03. The number of nitrogens with one attached hydrogen (secondary N) is 3. The molecule has 0 amide bonds. The van der Waals surface area contributed by atoms with Crippen LogP contribution in [-0.4, -0.2) is 30.1 Å². The van der Waals surface area contributed by atoms with Crippen molar-refractivity contribution in [1.82, 2.24) is 30.1 Å². The zero-order chi connectivity index (χ0) is 10.1. The molecular formula is C8H7N7. The molecule has 0 spiro atoms. The fraction of sp³-hybridized carbons (Fsp3) is 0. The van der Waals surface area contributed by atoms with Crippen LogP contribution in [0, 0.1) is 0 Å². The summed E-state index contributed by atoms with van der Waals surface area (Å²) in [7, 11) is 0. The number of aromatic amines is 2. The van der Waals surface area contributed by atoms with E-state index in [1.165, 1.54) is 6.33 Å². The van der Waals surface area contributed by atoms with Gasteiger partial charge < -0.3 is 10.3 Å². The van der Waals surface area contributed by atoms with E-state index in [0.29, 0.717) is 11.6 Å². The molecule has 74 valence electrons. The molecule has 0 aliphatic rings. The van der Waals surface area contributed by atoms with Gasteiger partial charge in [0.25, 0.3) is 0 Å². The van der Waals surface area contributed by atoms with Gasteiger partial charge in [0.15, 0.2) is 5.65 Å². The van der Waals surface area contributed by atoms with Gasteiger partial charge in [-0.15, -0.1) is 0 Å². The molecule has 7 nitrogen and oxygen atoms in total. The summed E-state index contributed by atoms with van der Waals surface area (Å²) < 4.78 is 0. The van der Waals surface area contributed by atoms with E-state index < -0.39 is 0 Å². The monoisotopic (exact) mass is 201 g/mol. The molecule has 0 aliphatic carbocycles. The molecule has 0 radical (unpaired) electrons. The Morgan fingerprint density at radius 3 is 3.13 bits per heavy atom. The van der Waals surface area contributed by atoms with Crippen LogP contribution in [0.4, 0.5) is 11.8 Å². The number of anilines is 2. The highest BCUT2D eigenvalue weighted by molar-refractivity contribution is 5.72. The van der Waals surface area contributed by atoms with Crippen molar-refractivity contribution in [2.45, 2.75) is 0 Å². The smallest absolute Gasteiger partial charge is 0.208 e. The summed E-state index contributed by atoms with van der Waals surface area (Å²) in [4.78, 5) is 15.2. The molecule has 0 aliphatic heterocycles. The first-order valence-corrected chi connectivity index (χ1v) is 4.34. The van der Waals surface area contributed by atoms with Crippen LogP contribution in [-0.2, 0) is 0 Å². The summed E-state index contributed by atoms with van der Waals surface area (Å²) in [5.41, 5.74) is 1.42. The van der Waals surface area contributed by atoms with Crippen LogP contribution in [0.5, 0.6) is 0 Å². The van der Waals surface area contributed by atoms with Gasteiger partial charge >= 0.3 is 0 Å². The largest absolute Gasteiger partial charge is 0.321 e. The Bertz CT molecular complexity index is 534. The van der Waals surface area contributed by atoms with Crippen LogP contribution in [0.25, 0.3) is 11.2 Å². The van der Waals surface area contributed by atoms with E-state index in [2.05, 4.69) is 35.5 Å². The average molecular weight is 201 g/mol. The van der Waals surface area contributed by atoms with Crippen molar-refractivity contribution in [3.8, 4) is 0 Å². The summed E-state index contributed by atoms with van der Waals surface area (Å²) in [6.45, 7) is 0. The highest BCUT2D eigenvalue weighted by Crippen LogP contribution is 2.13. The maximum Gasteiger partial charge on any atom is 0.208 e. The molecule has 3 rings (SSSR count). The van der Waals surface area contributed by atoms with E-state index in [9.17, 15) is 0 Å². The maximum absolute atomic E-state index is 4.22. The van der Waals surface area contributed by atoms with Crippen molar-refractivity contribution >= 4 is 22.9 Å². The average Bonchev–Trinajstić information content (AvgIpc) is 2.86. The summed E-state index contributed by atoms with van der Waals surface area (Å²) in [5, 5.41) is 9.61. The molecule has 3 N–H and O–H groups in total. The van der Waals surface area contributed by atoms with Gasteiger partial charge in [0.2, 0.25) is 5.95 Å². The molecule has 0 saturated carbocycles. The van der Waals surface area contributed by atoms with E-state index >= 15 is 0 Å². The maximum atomic E-state index is 4.22. The van der Waals surface area contributed by atoms with Crippen molar-refractivity contribution < 1.29 is 0 Å². The lowest BCUT2D eigenvalue weighted by molar-refractivity contribution is 1.09. The predicted octanol–water partition coefficient (Wildman–Crippen LogP) is 0.820. The Balaban J connectivity index is 1.98. The van der Waals surface area contributed by atoms with Gasteiger partial charge in [-0.25, -0.2) is 9.97 Å². The number of fused-ring (bicyclic) bond motifs is 1. The molecule has 3 aromatic heterocycles. The Hall–Kier alpha value is -2.44. The fourth-order valence-electron chi connectivity index (χ4n) is 1.27. The second-order valence-electron chi connectivity index (χ2n) is 2.94. The standard InChI is InChI=1S/C8H7N7/c1-2-11-15-6(1)13-8-12-5-3-9-4-10-7(5)14-8/h1-4H,(H3,9,10,11,12,13,14,15). The normalized spacial score (nSPS) is 10.7. The minimum Gasteiger partial charge on any atom is -0.321 e. The van der Waals surface area contributed by atoms with Crippen LogP contribution >= 0.6 is 0 Å². The van der Waals surface area contributed by atoms with E-state index in [1.54, 1.807) is 18.5 Å². The first-order valence-electron chi connectivity index (χ1n) is 4.34. The second-order valence-corrected chi connectivity index (χ2v) is 2.94. The second kappa shape index (κ2) is 3.05. The Morgan fingerprint density at radius 1 is 1.33 bits per heavy atom. The molecule has 0 saturated heterocycles. The summed E-state index contributed by atoms with van der Waals surface area (Å²) in [5.74, 6) is 1.37. The van der Waals surface area contributed by atoms with Crippen LogP contribution in [0.1, 0.15) is 0 Å². The van der Waals surface area contributed by atoms with E-state index in [4.69, 9.17) is 0 Å². The molecule has 3 aromatic rings. The first-order chi connectivity index (χ1) is 7.42. The van der Waals surface area contributed by atoms with E-state index in [0.717, 1.165) is 11.3 Å². The SMILES string of the molecule is c1cc(Nc2nc3ncncc3[nH]2)[nH]n1. The Labute approximate surface area is 84.0 Å². The predicted molar refractivity (Wildman–Crippen MR) is 53.6 cm³/mol. The number of hydrogen-bond donors (Lipinski definition) is 3. The van der Waals surface area contributed by atoms with Crippen molar-refractivity contribution in [3.63, 3.8) is 0 Å². The minimum absolute atomic E-state index is 0.606. The molecule has 7 heteroatoms. The number of nitrogens with zero attached hydrogens (tertiary/aromatic N) is 4. The topological polar surface area (TPSA) is 95.2 Å². The van der Waals surface area contributed by atoms with Crippen molar-refractivity contribution in [2.24, 2.45) is 0 Å². The zero-order valence-corrected chi connectivity index (χ0v) is 7.60. The molecule has 15 heavy (non-hydrogen) atoms. The Morgan fingerprint density at radius 2 is 2.33 bits per heavy atom. The molecule has 0 unspecified atom stereocenters. The lowest BCUT2D eigenvalue weighted by atomic mass is 10.6. The fourth-order valence-corrected chi connectivity index (χ4v) is 1.27. The third-order valence-electron chi connectivity index (χ3n) is 1.92. The van der Waals surface area contributed by atoms with Gasteiger partial charge in [0.05, 0.1) is 12.4 Å². The number of imidazole rings is 1. The molecule has 3 heterocycles. The Kier molecular flexibility index (Phi) is 1.61. The van der Waals surface area contributed by atoms with Gasteiger partial charge in [-0.05, 0) is 0 Å². The summed E-state index contributed by atoms with van der Waals surface area (Å²) >= 11 is 0. The van der Waals surface area contributed by atoms with Crippen LogP contribution in [0.3, 0.4) is 0 Å². The lowest BCUT2D eigenvalue weighted by Gasteiger charge is -1.95. The molecule has 0 aromatic carbocycles. The van der Waals surface area contributed by atoms with Crippen LogP contribution in [0.15, 0.2) is 24.8 Å². The van der Waals surface area contributed by atoms with Gasteiger partial charge in [0.1, 0.15) is 17.7 Å². The number of aromatic nitrogens is 6. The third-order valence-corrected chi connectivity index (χ3v) is 1.92. The van der Waals surface area contributed by atoms with Gasteiger partial charge in [-0.2, -0.15) is 10.1 Å². The quantitative estimate of drug-likeness (QED) is 0.570. The van der Waals surface area contributed by atoms with Crippen LogP contribution in [0.2, 0.25) is 0 Å². The third kappa shape index (κ3) is 1.39. The molecule has 0 atom stereocenters. The highest BCUT2D eigenvalue weighted by atomic mass is 15.2. The lowest BCUT2D eigenvalue weighted by Crippen LogP contribution is -1.91. The van der Waals surface area contributed by atoms with Crippen molar-refractivity contribution in [3.05, 3.63) is 24.8 Å².